The second kappa shape index (κ2) is 8.08. The second-order valence-corrected chi connectivity index (χ2v) is 5.10. The van der Waals surface area contributed by atoms with Gasteiger partial charge < -0.3 is 10.2 Å². The smallest absolute Gasteiger partial charge is 0.00355 e. The molecule has 1 atom stereocenters. The monoisotopic (exact) mass is 228 g/mol. The van der Waals surface area contributed by atoms with Gasteiger partial charge in [-0.3, -0.25) is 0 Å². The molecule has 1 heterocycles. The fourth-order valence-electron chi connectivity index (χ4n) is 2.16. The van der Waals surface area contributed by atoms with Crippen molar-refractivity contribution in [2.24, 2.45) is 5.41 Å². The highest BCUT2D eigenvalue weighted by atomic mass is 15.1. The van der Waals surface area contributed by atoms with Crippen molar-refractivity contribution >= 4 is 0 Å². The molecule has 0 aromatic rings. The summed E-state index contributed by atoms with van der Waals surface area (Å²) in [6, 6.07) is 0.679. The van der Waals surface area contributed by atoms with Crippen molar-refractivity contribution in [2.45, 2.75) is 59.9 Å². The standard InChI is InChI=1S/C12H26N2.C2H6/c1-5-12(6-8-13-10-12)7-9-14(4)11(2)3;1-2/h11,13H,5-10H2,1-4H3;1-2H3. The molecule has 1 saturated heterocycles. The summed E-state index contributed by atoms with van der Waals surface area (Å²) < 4.78 is 0. The van der Waals surface area contributed by atoms with Gasteiger partial charge in [0, 0.05) is 12.6 Å². The van der Waals surface area contributed by atoms with E-state index in [1.54, 1.807) is 0 Å². The van der Waals surface area contributed by atoms with E-state index in [9.17, 15) is 0 Å². The Morgan fingerprint density at radius 3 is 2.31 bits per heavy atom. The number of hydrogen-bond donors (Lipinski definition) is 1. The molecule has 0 aliphatic carbocycles. The van der Waals surface area contributed by atoms with Crippen LogP contribution in [0.25, 0.3) is 0 Å². The molecule has 0 radical (unpaired) electrons. The maximum absolute atomic E-state index is 3.50. The lowest BCUT2D eigenvalue weighted by Crippen LogP contribution is -2.33. The summed E-state index contributed by atoms with van der Waals surface area (Å²) in [6.07, 6.45) is 4.05. The highest BCUT2D eigenvalue weighted by Gasteiger charge is 2.31. The summed E-state index contributed by atoms with van der Waals surface area (Å²) in [5.74, 6) is 0. The van der Waals surface area contributed by atoms with Crippen molar-refractivity contribution in [1.29, 1.82) is 0 Å². The number of rotatable bonds is 5. The van der Waals surface area contributed by atoms with Gasteiger partial charge in [0.1, 0.15) is 0 Å². The topological polar surface area (TPSA) is 15.3 Å². The third-order valence-electron chi connectivity index (χ3n) is 3.96. The van der Waals surface area contributed by atoms with Gasteiger partial charge in [-0.25, -0.2) is 0 Å². The molecule has 1 aliphatic rings. The fourth-order valence-corrected chi connectivity index (χ4v) is 2.16. The molecule has 0 bridgehead atoms. The highest BCUT2D eigenvalue weighted by molar-refractivity contribution is 4.87. The molecule has 16 heavy (non-hydrogen) atoms. The van der Waals surface area contributed by atoms with Crippen LogP contribution in [0, 0.1) is 5.41 Å². The third-order valence-corrected chi connectivity index (χ3v) is 3.96. The molecule has 1 aliphatic heterocycles. The molecule has 98 valence electrons. The van der Waals surface area contributed by atoms with Gasteiger partial charge in [0.05, 0.1) is 0 Å². The average molecular weight is 228 g/mol. The van der Waals surface area contributed by atoms with Crippen LogP contribution in [0.1, 0.15) is 53.9 Å². The normalized spacial score (nSPS) is 24.8. The summed E-state index contributed by atoms with van der Waals surface area (Å²) in [6.45, 7) is 14.6. The van der Waals surface area contributed by atoms with Gasteiger partial charge in [-0.2, -0.15) is 0 Å². The van der Waals surface area contributed by atoms with Crippen LogP contribution in [-0.2, 0) is 0 Å². The lowest BCUT2D eigenvalue weighted by molar-refractivity contribution is 0.199. The Balaban J connectivity index is 0.00000106. The predicted octanol–water partition coefficient (Wildman–Crippen LogP) is 3.13. The van der Waals surface area contributed by atoms with E-state index in [0.717, 1.165) is 0 Å². The van der Waals surface area contributed by atoms with Crippen LogP contribution in [0.4, 0.5) is 0 Å². The van der Waals surface area contributed by atoms with Gasteiger partial charge in [0.2, 0.25) is 0 Å². The van der Waals surface area contributed by atoms with E-state index >= 15 is 0 Å². The van der Waals surface area contributed by atoms with Gasteiger partial charge in [0.15, 0.2) is 0 Å². The van der Waals surface area contributed by atoms with E-state index < -0.39 is 0 Å². The number of nitrogens with zero attached hydrogens (tertiary/aromatic N) is 1. The molecule has 1 unspecified atom stereocenters. The Morgan fingerprint density at radius 2 is 1.94 bits per heavy atom. The van der Waals surface area contributed by atoms with Crippen LogP contribution < -0.4 is 5.32 Å². The van der Waals surface area contributed by atoms with Gasteiger partial charge >= 0.3 is 0 Å². The fraction of sp³-hybridized carbons (Fsp3) is 1.00. The lowest BCUT2D eigenvalue weighted by atomic mass is 9.81. The van der Waals surface area contributed by atoms with E-state index in [1.165, 1.54) is 38.9 Å². The zero-order valence-corrected chi connectivity index (χ0v) is 12.3. The molecule has 0 saturated carbocycles. The molecule has 0 amide bonds. The SMILES string of the molecule is CC.CCC1(CCN(C)C(C)C)CCNC1. The molecule has 1 N–H and O–H groups in total. The Labute approximate surface area is 103 Å². The quantitative estimate of drug-likeness (QED) is 0.778. The summed E-state index contributed by atoms with van der Waals surface area (Å²) in [5, 5.41) is 3.50. The van der Waals surface area contributed by atoms with Gasteiger partial charge in [-0.05, 0) is 58.7 Å². The first-order valence-corrected chi connectivity index (χ1v) is 7.00. The Hall–Kier alpha value is -0.0800. The van der Waals surface area contributed by atoms with Crippen LogP contribution in [-0.4, -0.2) is 37.6 Å². The first-order chi connectivity index (χ1) is 7.59. The summed E-state index contributed by atoms with van der Waals surface area (Å²) in [5.41, 5.74) is 0.600. The minimum Gasteiger partial charge on any atom is -0.316 e. The maximum atomic E-state index is 3.50. The molecule has 2 nitrogen and oxygen atoms in total. The minimum absolute atomic E-state index is 0.600. The van der Waals surface area contributed by atoms with E-state index in [0.29, 0.717) is 11.5 Å². The van der Waals surface area contributed by atoms with Crippen molar-refractivity contribution in [3.05, 3.63) is 0 Å². The maximum Gasteiger partial charge on any atom is 0.00355 e. The number of hydrogen-bond acceptors (Lipinski definition) is 2. The largest absolute Gasteiger partial charge is 0.316 e. The van der Waals surface area contributed by atoms with E-state index in [2.05, 4.69) is 38.0 Å². The van der Waals surface area contributed by atoms with Gasteiger partial charge in [0.25, 0.3) is 0 Å². The van der Waals surface area contributed by atoms with Crippen LogP contribution in [0.2, 0.25) is 0 Å². The molecule has 0 spiro atoms. The minimum atomic E-state index is 0.600. The van der Waals surface area contributed by atoms with Crippen LogP contribution in [0.15, 0.2) is 0 Å². The highest BCUT2D eigenvalue weighted by Crippen LogP contribution is 2.33. The predicted molar refractivity (Wildman–Crippen MR) is 73.9 cm³/mol. The molecular formula is C14H32N2. The zero-order valence-electron chi connectivity index (χ0n) is 12.3. The van der Waals surface area contributed by atoms with Gasteiger partial charge in [-0.1, -0.05) is 20.8 Å². The molecular weight excluding hydrogens is 196 g/mol. The van der Waals surface area contributed by atoms with Crippen molar-refractivity contribution in [1.82, 2.24) is 10.2 Å². The summed E-state index contributed by atoms with van der Waals surface area (Å²) >= 11 is 0. The van der Waals surface area contributed by atoms with Crippen molar-refractivity contribution < 1.29 is 0 Å². The molecule has 1 rings (SSSR count). The second-order valence-electron chi connectivity index (χ2n) is 5.10. The van der Waals surface area contributed by atoms with E-state index in [-0.39, 0.29) is 0 Å². The number of nitrogens with one attached hydrogen (secondary N) is 1. The summed E-state index contributed by atoms with van der Waals surface area (Å²) in [7, 11) is 2.23. The van der Waals surface area contributed by atoms with E-state index in [4.69, 9.17) is 0 Å². The van der Waals surface area contributed by atoms with Crippen LogP contribution in [0.3, 0.4) is 0 Å². The third kappa shape index (κ3) is 4.84. The van der Waals surface area contributed by atoms with Gasteiger partial charge in [-0.15, -0.1) is 0 Å². The lowest BCUT2D eigenvalue weighted by Gasteiger charge is -2.30. The first kappa shape index (κ1) is 15.9. The van der Waals surface area contributed by atoms with Crippen molar-refractivity contribution in [3.63, 3.8) is 0 Å². The molecule has 1 fully saturated rings. The first-order valence-electron chi connectivity index (χ1n) is 7.00. The Bertz CT molecular complexity index is 160. The van der Waals surface area contributed by atoms with E-state index in [1.807, 2.05) is 13.8 Å². The Kier molecular flexibility index (Phi) is 8.04. The van der Waals surface area contributed by atoms with Crippen LogP contribution in [0.5, 0.6) is 0 Å². The Morgan fingerprint density at radius 1 is 1.31 bits per heavy atom. The molecule has 0 aromatic heterocycles. The molecule has 2 heteroatoms. The van der Waals surface area contributed by atoms with Crippen molar-refractivity contribution in [3.8, 4) is 0 Å². The van der Waals surface area contributed by atoms with Crippen LogP contribution >= 0.6 is 0 Å². The summed E-state index contributed by atoms with van der Waals surface area (Å²) in [4.78, 5) is 2.45. The average Bonchev–Trinajstić information content (AvgIpc) is 2.78. The zero-order chi connectivity index (χ0) is 12.6. The molecule has 0 aromatic carbocycles. The van der Waals surface area contributed by atoms with Crippen molar-refractivity contribution in [2.75, 3.05) is 26.7 Å².